The van der Waals surface area contributed by atoms with E-state index in [1.54, 1.807) is 47.7 Å². The van der Waals surface area contributed by atoms with Crippen LogP contribution in [-0.2, 0) is 4.79 Å². The van der Waals surface area contributed by atoms with Gasteiger partial charge in [-0.3, -0.25) is 10.1 Å². The Bertz CT molecular complexity index is 1620. The van der Waals surface area contributed by atoms with Gasteiger partial charge in [-0.1, -0.05) is 53.0 Å². The maximum atomic E-state index is 12.4. The molecule has 2 heterocycles. The molecule has 0 bridgehead atoms. The van der Waals surface area contributed by atoms with Crippen LogP contribution in [-0.4, -0.2) is 16.0 Å². The molecule has 0 spiro atoms. The van der Waals surface area contributed by atoms with Crippen molar-refractivity contribution in [3.05, 3.63) is 99.7 Å². The summed E-state index contributed by atoms with van der Waals surface area (Å²) >= 11 is 25.4. The zero-order valence-electron chi connectivity index (χ0n) is 18.8. The molecule has 0 radical (unpaired) electrons. The molecule has 0 aliphatic rings. The fourth-order valence-corrected chi connectivity index (χ4v) is 5.37. The van der Waals surface area contributed by atoms with Gasteiger partial charge in [-0.05, 0) is 72.9 Å². The first-order valence-electron chi connectivity index (χ1n) is 10.9. The summed E-state index contributed by atoms with van der Waals surface area (Å²) in [5.74, 6) is 0.621. The quantitative estimate of drug-likeness (QED) is 0.160. The molecule has 10 heteroatoms. The smallest absolute Gasteiger partial charge is 0.250 e. The van der Waals surface area contributed by atoms with Crippen LogP contribution in [0.2, 0.25) is 15.1 Å². The molecule has 0 saturated heterocycles. The second-order valence-electron chi connectivity index (χ2n) is 7.82. The summed E-state index contributed by atoms with van der Waals surface area (Å²) in [6.07, 6.45) is 2.86. The van der Waals surface area contributed by atoms with Gasteiger partial charge in [0.15, 0.2) is 5.11 Å². The molecule has 0 unspecified atom stereocenters. The summed E-state index contributed by atoms with van der Waals surface area (Å²) in [7, 11) is 0. The highest BCUT2D eigenvalue weighted by Gasteiger charge is 2.11. The second-order valence-corrected chi connectivity index (χ2v) is 10.5. The van der Waals surface area contributed by atoms with Gasteiger partial charge in [-0.2, -0.15) is 0 Å². The summed E-state index contributed by atoms with van der Waals surface area (Å²) in [5.41, 5.74) is 3.11. The van der Waals surface area contributed by atoms with E-state index < -0.39 is 5.91 Å². The van der Waals surface area contributed by atoms with Crippen LogP contribution in [0.25, 0.3) is 38.2 Å². The average Bonchev–Trinajstić information content (AvgIpc) is 3.51. The zero-order chi connectivity index (χ0) is 25.9. The number of hydrogen-bond acceptors (Lipinski definition) is 5. The minimum Gasteiger partial charge on any atom is -0.457 e. The third-order valence-corrected chi connectivity index (χ3v) is 7.22. The van der Waals surface area contributed by atoms with Crippen LogP contribution in [0.5, 0.6) is 0 Å². The SMILES string of the molecule is O=C(/C=C/c1ccc(-c2cc(Cl)cc(Cl)c2)o1)NC(=S)Nc1cc(-c2nc3ccccc3s2)ccc1Cl. The van der Waals surface area contributed by atoms with E-state index in [0.717, 1.165) is 26.4 Å². The van der Waals surface area contributed by atoms with Crippen molar-refractivity contribution in [1.82, 2.24) is 10.3 Å². The van der Waals surface area contributed by atoms with Gasteiger partial charge in [0.2, 0.25) is 5.91 Å². The van der Waals surface area contributed by atoms with Crippen LogP contribution in [0.1, 0.15) is 5.76 Å². The fourth-order valence-electron chi connectivity index (χ4n) is 3.51. The monoisotopic (exact) mass is 583 g/mol. The van der Waals surface area contributed by atoms with E-state index in [9.17, 15) is 4.79 Å². The number of anilines is 1. The summed E-state index contributed by atoms with van der Waals surface area (Å²) in [6.45, 7) is 0. The number of thiazole rings is 1. The lowest BCUT2D eigenvalue weighted by Gasteiger charge is -2.11. The minimum atomic E-state index is -0.431. The number of hydrogen-bond donors (Lipinski definition) is 2. The van der Waals surface area contributed by atoms with E-state index in [-0.39, 0.29) is 5.11 Å². The maximum absolute atomic E-state index is 12.4. The molecule has 5 nitrogen and oxygen atoms in total. The Balaban J connectivity index is 1.23. The van der Waals surface area contributed by atoms with Gasteiger partial charge in [0.25, 0.3) is 0 Å². The van der Waals surface area contributed by atoms with E-state index in [1.165, 1.54) is 12.2 Å². The number of nitrogens with zero attached hydrogens (tertiary/aromatic N) is 1. The van der Waals surface area contributed by atoms with Gasteiger partial charge >= 0.3 is 0 Å². The number of furan rings is 1. The van der Waals surface area contributed by atoms with Crippen molar-refractivity contribution >= 4 is 91.4 Å². The van der Waals surface area contributed by atoms with Crippen molar-refractivity contribution in [2.24, 2.45) is 0 Å². The highest BCUT2D eigenvalue weighted by Crippen LogP contribution is 2.34. The van der Waals surface area contributed by atoms with Crippen LogP contribution in [0.15, 0.2) is 83.3 Å². The molecule has 184 valence electrons. The fraction of sp³-hybridized carbons (Fsp3) is 0. The molecule has 5 aromatic rings. The molecule has 0 atom stereocenters. The Morgan fingerprint density at radius 1 is 0.946 bits per heavy atom. The number of carbonyl (C=O) groups is 1. The number of fused-ring (bicyclic) bond motifs is 1. The van der Waals surface area contributed by atoms with Crippen LogP contribution >= 0.6 is 58.4 Å². The summed E-state index contributed by atoms with van der Waals surface area (Å²) < 4.78 is 6.86. The third kappa shape index (κ3) is 6.21. The van der Waals surface area contributed by atoms with Crippen LogP contribution in [0, 0.1) is 0 Å². The predicted octanol–water partition coefficient (Wildman–Crippen LogP) is 8.71. The second kappa shape index (κ2) is 11.0. The Morgan fingerprint density at radius 3 is 2.51 bits per heavy atom. The standard InChI is InChI=1S/C27H16Cl3N3O2S2/c28-17-11-16(12-18(29)14-17)23-9-6-19(35-23)7-10-25(34)33-27(36)32-22-13-15(5-8-20(22)30)26-31-21-3-1-2-4-24(21)37-26/h1-14H,(H2,32,33,34,36)/b10-7+. The number of aromatic nitrogens is 1. The van der Waals surface area contributed by atoms with Crippen molar-refractivity contribution in [2.75, 3.05) is 5.32 Å². The van der Waals surface area contributed by atoms with Crippen LogP contribution in [0.4, 0.5) is 5.69 Å². The van der Waals surface area contributed by atoms with E-state index in [2.05, 4.69) is 15.6 Å². The molecule has 0 aliphatic heterocycles. The van der Waals surface area contributed by atoms with Crippen molar-refractivity contribution < 1.29 is 9.21 Å². The number of halogens is 3. The summed E-state index contributed by atoms with van der Waals surface area (Å²) in [6, 6.07) is 22.1. The highest BCUT2D eigenvalue weighted by atomic mass is 35.5. The van der Waals surface area contributed by atoms with Crippen LogP contribution in [0.3, 0.4) is 0 Å². The Kier molecular flexibility index (Phi) is 7.60. The minimum absolute atomic E-state index is 0.103. The molecule has 3 aromatic carbocycles. The molecule has 2 aromatic heterocycles. The molecule has 0 aliphatic carbocycles. The largest absolute Gasteiger partial charge is 0.457 e. The molecule has 0 saturated carbocycles. The highest BCUT2D eigenvalue weighted by molar-refractivity contribution is 7.80. The van der Waals surface area contributed by atoms with Crippen molar-refractivity contribution in [3.8, 4) is 21.9 Å². The van der Waals surface area contributed by atoms with Gasteiger partial charge in [0.1, 0.15) is 16.5 Å². The number of benzene rings is 3. The van der Waals surface area contributed by atoms with Gasteiger partial charge < -0.3 is 9.73 Å². The van der Waals surface area contributed by atoms with E-state index in [0.29, 0.717) is 32.3 Å². The number of carbonyl (C=O) groups excluding carboxylic acids is 1. The first-order chi connectivity index (χ1) is 17.8. The van der Waals surface area contributed by atoms with Gasteiger partial charge in [0, 0.05) is 27.2 Å². The van der Waals surface area contributed by atoms with Crippen molar-refractivity contribution in [2.45, 2.75) is 0 Å². The average molecular weight is 585 g/mol. The lowest BCUT2D eigenvalue weighted by atomic mass is 10.2. The number of para-hydroxylation sites is 1. The molecule has 37 heavy (non-hydrogen) atoms. The summed E-state index contributed by atoms with van der Waals surface area (Å²) in [5, 5.41) is 8.01. The summed E-state index contributed by atoms with van der Waals surface area (Å²) in [4.78, 5) is 17.1. The Morgan fingerprint density at radius 2 is 1.73 bits per heavy atom. The zero-order valence-corrected chi connectivity index (χ0v) is 22.7. The Hall–Kier alpha value is -3.20. The topological polar surface area (TPSA) is 67.2 Å². The normalized spacial score (nSPS) is 11.2. The van der Waals surface area contributed by atoms with E-state index in [1.807, 2.05) is 36.4 Å². The first-order valence-corrected chi connectivity index (χ1v) is 13.2. The molecule has 0 fully saturated rings. The number of nitrogens with one attached hydrogen (secondary N) is 2. The predicted molar refractivity (Wildman–Crippen MR) is 158 cm³/mol. The lowest BCUT2D eigenvalue weighted by molar-refractivity contribution is -0.115. The molecule has 1 amide bonds. The van der Waals surface area contributed by atoms with Gasteiger partial charge in [-0.25, -0.2) is 4.98 Å². The third-order valence-electron chi connectivity index (χ3n) is 5.16. The van der Waals surface area contributed by atoms with Gasteiger partial charge in [0.05, 0.1) is 20.9 Å². The molecular weight excluding hydrogens is 569 g/mol. The Labute approximate surface area is 236 Å². The van der Waals surface area contributed by atoms with Gasteiger partial charge in [-0.15, -0.1) is 11.3 Å². The van der Waals surface area contributed by atoms with Crippen LogP contribution < -0.4 is 10.6 Å². The maximum Gasteiger partial charge on any atom is 0.250 e. The molecular formula is C27H16Cl3N3O2S2. The number of rotatable bonds is 5. The number of thiocarbonyl (C=S) groups is 1. The lowest BCUT2D eigenvalue weighted by Crippen LogP contribution is -2.32. The van der Waals surface area contributed by atoms with E-state index in [4.69, 9.17) is 51.4 Å². The molecule has 5 rings (SSSR count). The van der Waals surface area contributed by atoms with Crippen molar-refractivity contribution in [3.63, 3.8) is 0 Å². The van der Waals surface area contributed by atoms with E-state index >= 15 is 0 Å². The van der Waals surface area contributed by atoms with Crippen molar-refractivity contribution in [1.29, 1.82) is 0 Å². The molecule has 2 N–H and O–H groups in total. The first kappa shape index (κ1) is 25.4. The number of amides is 1.